The third-order valence-electron chi connectivity index (χ3n) is 2.86. The third-order valence-corrected chi connectivity index (χ3v) is 2.86. The van der Waals surface area contributed by atoms with E-state index in [-0.39, 0.29) is 6.04 Å². The van der Waals surface area contributed by atoms with Crippen LogP contribution in [0.5, 0.6) is 0 Å². The van der Waals surface area contributed by atoms with Gasteiger partial charge >= 0.3 is 0 Å². The Bertz CT molecular complexity index is 548. The average molecular weight is 227 g/mol. The fourth-order valence-electron chi connectivity index (χ4n) is 1.88. The highest BCUT2D eigenvalue weighted by atomic mass is 15.3. The normalized spacial score (nSPS) is 12.5. The molecule has 2 aromatic rings. The molecule has 0 saturated heterocycles. The molecule has 1 N–H and O–H groups in total. The van der Waals surface area contributed by atoms with E-state index in [1.807, 2.05) is 23.7 Å². The predicted molar refractivity (Wildman–Crippen MR) is 70.5 cm³/mol. The van der Waals surface area contributed by atoms with Crippen molar-refractivity contribution in [1.29, 1.82) is 0 Å². The summed E-state index contributed by atoms with van der Waals surface area (Å²) >= 11 is 0. The van der Waals surface area contributed by atoms with Gasteiger partial charge in [0, 0.05) is 18.5 Å². The maximum atomic E-state index is 5.34. The molecule has 0 aliphatic rings. The monoisotopic (exact) mass is 227 g/mol. The van der Waals surface area contributed by atoms with Gasteiger partial charge < -0.3 is 0 Å². The summed E-state index contributed by atoms with van der Waals surface area (Å²) in [6.45, 7) is 5.66. The summed E-state index contributed by atoms with van der Waals surface area (Å²) in [5.41, 5.74) is 2.24. The highest BCUT2D eigenvalue weighted by Gasteiger charge is 2.09. The first kappa shape index (κ1) is 11.7. The van der Waals surface area contributed by atoms with E-state index in [0.717, 1.165) is 12.2 Å². The van der Waals surface area contributed by atoms with Crippen molar-refractivity contribution >= 4 is 10.9 Å². The van der Waals surface area contributed by atoms with Crippen LogP contribution in [0.25, 0.3) is 10.9 Å². The Hall–Kier alpha value is -1.79. The van der Waals surface area contributed by atoms with Gasteiger partial charge in [-0.05, 0) is 19.9 Å². The second kappa shape index (κ2) is 5.03. The number of aryl methyl sites for hydroxylation is 1. The van der Waals surface area contributed by atoms with Crippen molar-refractivity contribution in [3.05, 3.63) is 30.0 Å². The van der Waals surface area contributed by atoms with Crippen molar-refractivity contribution in [2.45, 2.75) is 33.0 Å². The van der Waals surface area contributed by atoms with E-state index in [4.69, 9.17) is 6.42 Å². The summed E-state index contributed by atoms with van der Waals surface area (Å²) in [4.78, 5) is 0. The molecule has 3 nitrogen and oxygen atoms in total. The Morgan fingerprint density at radius 1 is 1.47 bits per heavy atom. The maximum absolute atomic E-state index is 5.34. The minimum atomic E-state index is 0.0699. The quantitative estimate of drug-likeness (QED) is 0.811. The molecule has 0 spiro atoms. The molecule has 88 valence electrons. The summed E-state index contributed by atoms with van der Waals surface area (Å²) in [7, 11) is 0. The molecule has 0 fully saturated rings. The second-order valence-electron chi connectivity index (χ2n) is 4.05. The van der Waals surface area contributed by atoms with Gasteiger partial charge in [0.05, 0.1) is 17.3 Å². The Labute approximate surface area is 102 Å². The topological polar surface area (TPSA) is 29.9 Å². The summed E-state index contributed by atoms with van der Waals surface area (Å²) in [5.74, 6) is 2.66. The molecule has 0 aliphatic heterocycles. The molecule has 1 aromatic carbocycles. The van der Waals surface area contributed by atoms with Crippen LogP contribution >= 0.6 is 0 Å². The van der Waals surface area contributed by atoms with Crippen molar-refractivity contribution in [3.63, 3.8) is 0 Å². The van der Waals surface area contributed by atoms with Crippen molar-refractivity contribution in [3.8, 4) is 12.3 Å². The van der Waals surface area contributed by atoms with Crippen LogP contribution in [0.15, 0.2) is 24.3 Å². The van der Waals surface area contributed by atoms with E-state index in [1.54, 1.807) is 0 Å². The highest BCUT2D eigenvalue weighted by Crippen LogP contribution is 2.18. The summed E-state index contributed by atoms with van der Waals surface area (Å²) in [6.07, 6.45) is 5.34. The lowest BCUT2D eigenvalue weighted by Gasteiger charge is -2.04. The Morgan fingerprint density at radius 3 is 2.94 bits per heavy atom. The number of terminal acetylenes is 1. The SMILES string of the molecule is C#CC(C)NCc1nn(CC)c2ccccc12. The third kappa shape index (κ3) is 2.32. The Balaban J connectivity index is 2.31. The first-order valence-electron chi connectivity index (χ1n) is 5.90. The van der Waals surface area contributed by atoms with Crippen LogP contribution in [-0.2, 0) is 13.1 Å². The van der Waals surface area contributed by atoms with Gasteiger partial charge in [-0.1, -0.05) is 24.1 Å². The minimum absolute atomic E-state index is 0.0699. The van der Waals surface area contributed by atoms with Gasteiger partial charge in [0.15, 0.2) is 0 Å². The summed E-state index contributed by atoms with van der Waals surface area (Å²) in [6, 6.07) is 8.35. The van der Waals surface area contributed by atoms with E-state index in [1.165, 1.54) is 10.9 Å². The molecule has 0 bridgehead atoms. The van der Waals surface area contributed by atoms with Crippen LogP contribution < -0.4 is 5.32 Å². The number of benzene rings is 1. The maximum Gasteiger partial charge on any atom is 0.0841 e. The van der Waals surface area contributed by atoms with Gasteiger partial charge in [0.25, 0.3) is 0 Å². The van der Waals surface area contributed by atoms with Gasteiger partial charge in [0.2, 0.25) is 0 Å². The lowest BCUT2D eigenvalue weighted by molar-refractivity contribution is 0.611. The smallest absolute Gasteiger partial charge is 0.0841 e. The van der Waals surface area contributed by atoms with E-state index in [0.29, 0.717) is 6.54 Å². The van der Waals surface area contributed by atoms with E-state index >= 15 is 0 Å². The molecule has 0 aliphatic carbocycles. The van der Waals surface area contributed by atoms with Crippen molar-refractivity contribution in [2.24, 2.45) is 0 Å². The zero-order valence-electron chi connectivity index (χ0n) is 10.3. The molecular weight excluding hydrogens is 210 g/mol. The zero-order chi connectivity index (χ0) is 12.3. The van der Waals surface area contributed by atoms with E-state index in [2.05, 4.69) is 35.4 Å². The van der Waals surface area contributed by atoms with Crippen LogP contribution in [0.1, 0.15) is 19.5 Å². The predicted octanol–water partition coefficient (Wildman–Crippen LogP) is 2.17. The highest BCUT2D eigenvalue weighted by molar-refractivity contribution is 5.81. The van der Waals surface area contributed by atoms with Gasteiger partial charge in [-0.15, -0.1) is 6.42 Å². The fourth-order valence-corrected chi connectivity index (χ4v) is 1.88. The number of hydrogen-bond acceptors (Lipinski definition) is 2. The number of nitrogens with zero attached hydrogens (tertiary/aromatic N) is 2. The molecule has 1 atom stereocenters. The zero-order valence-corrected chi connectivity index (χ0v) is 10.3. The lowest BCUT2D eigenvalue weighted by Crippen LogP contribution is -2.23. The second-order valence-corrected chi connectivity index (χ2v) is 4.05. The van der Waals surface area contributed by atoms with E-state index < -0.39 is 0 Å². The van der Waals surface area contributed by atoms with Crippen LogP contribution in [0.2, 0.25) is 0 Å². The number of nitrogens with one attached hydrogen (secondary N) is 1. The molecule has 1 unspecified atom stereocenters. The molecule has 2 rings (SSSR count). The molecule has 0 saturated carbocycles. The van der Waals surface area contributed by atoms with Crippen LogP contribution in [-0.4, -0.2) is 15.8 Å². The molecular formula is C14H17N3. The number of fused-ring (bicyclic) bond motifs is 1. The molecule has 1 aromatic heterocycles. The Morgan fingerprint density at radius 2 is 2.24 bits per heavy atom. The minimum Gasteiger partial charge on any atom is -0.298 e. The number of hydrogen-bond donors (Lipinski definition) is 1. The van der Waals surface area contributed by atoms with Gasteiger partial charge in [0.1, 0.15) is 0 Å². The first-order chi connectivity index (χ1) is 8.26. The van der Waals surface area contributed by atoms with Crippen LogP contribution in [0.3, 0.4) is 0 Å². The first-order valence-corrected chi connectivity index (χ1v) is 5.90. The Kier molecular flexibility index (Phi) is 3.46. The van der Waals surface area contributed by atoms with Crippen LogP contribution in [0, 0.1) is 12.3 Å². The standard InChI is InChI=1S/C14H17N3/c1-4-11(3)15-10-13-12-8-6-7-9-14(12)17(5-2)16-13/h1,6-9,11,15H,5,10H2,2-3H3. The number of rotatable bonds is 4. The number of aromatic nitrogens is 2. The summed E-state index contributed by atoms with van der Waals surface area (Å²) in [5, 5.41) is 9.07. The van der Waals surface area contributed by atoms with Crippen molar-refractivity contribution in [1.82, 2.24) is 15.1 Å². The van der Waals surface area contributed by atoms with E-state index in [9.17, 15) is 0 Å². The van der Waals surface area contributed by atoms with Gasteiger partial charge in [-0.3, -0.25) is 10.00 Å². The van der Waals surface area contributed by atoms with Gasteiger partial charge in [-0.2, -0.15) is 5.10 Å². The van der Waals surface area contributed by atoms with Crippen LogP contribution in [0.4, 0.5) is 0 Å². The molecule has 0 radical (unpaired) electrons. The summed E-state index contributed by atoms with van der Waals surface area (Å²) < 4.78 is 2.02. The number of para-hydroxylation sites is 1. The lowest BCUT2D eigenvalue weighted by atomic mass is 10.2. The molecule has 17 heavy (non-hydrogen) atoms. The molecule has 1 heterocycles. The van der Waals surface area contributed by atoms with Crippen molar-refractivity contribution in [2.75, 3.05) is 0 Å². The van der Waals surface area contributed by atoms with Gasteiger partial charge in [-0.25, -0.2) is 0 Å². The van der Waals surface area contributed by atoms with Crippen molar-refractivity contribution < 1.29 is 0 Å². The largest absolute Gasteiger partial charge is 0.298 e. The fraction of sp³-hybridized carbons (Fsp3) is 0.357. The molecule has 0 amide bonds. The molecule has 3 heteroatoms. The average Bonchev–Trinajstić information content (AvgIpc) is 2.74.